The molecule has 1 aromatic heterocycles. The summed E-state index contributed by atoms with van der Waals surface area (Å²) in [4.78, 5) is 4.37. The second kappa shape index (κ2) is 5.95. The van der Waals surface area contributed by atoms with Crippen LogP contribution in [-0.2, 0) is 6.54 Å². The summed E-state index contributed by atoms with van der Waals surface area (Å²) >= 11 is 10.5. The molecule has 0 amide bonds. The van der Waals surface area contributed by atoms with E-state index in [0.29, 0.717) is 12.2 Å². The summed E-state index contributed by atoms with van der Waals surface area (Å²) in [5.74, 6) is -0.423. The van der Waals surface area contributed by atoms with Gasteiger partial charge in [0.05, 0.1) is 22.6 Å². The maximum absolute atomic E-state index is 13.0. The Balaban J connectivity index is 2.01. The van der Waals surface area contributed by atoms with Crippen molar-refractivity contribution in [2.45, 2.75) is 6.54 Å². The van der Waals surface area contributed by atoms with E-state index in [0.717, 1.165) is 11.3 Å². The number of rotatable bonds is 4. The minimum absolute atomic E-state index is 0.112. The van der Waals surface area contributed by atoms with Crippen molar-refractivity contribution in [3.63, 3.8) is 0 Å². The molecule has 2 aromatic rings. The lowest BCUT2D eigenvalue weighted by molar-refractivity contribution is 0.627. The molecule has 0 spiro atoms. The number of hydrogen-bond donors (Lipinski definition) is 2. The van der Waals surface area contributed by atoms with E-state index in [1.165, 1.54) is 6.07 Å². The lowest BCUT2D eigenvalue weighted by Gasteiger charge is -2.07. The van der Waals surface area contributed by atoms with Gasteiger partial charge in [-0.3, -0.25) is 4.98 Å². The standard InChI is InChI=1S/C13H11ClFN3S/c14-10-5-8(1-3-11(10)15)6-17-9-2-4-12(13(16)19)18-7-9/h1-5,7,17H,6H2,(H2,16,19). The van der Waals surface area contributed by atoms with E-state index < -0.39 is 5.82 Å². The van der Waals surface area contributed by atoms with Gasteiger partial charge >= 0.3 is 0 Å². The third-order valence-corrected chi connectivity index (χ3v) is 3.00. The van der Waals surface area contributed by atoms with Crippen molar-refractivity contribution in [1.82, 2.24) is 4.98 Å². The highest BCUT2D eigenvalue weighted by molar-refractivity contribution is 7.80. The summed E-state index contributed by atoms with van der Waals surface area (Å²) in [5.41, 5.74) is 7.73. The van der Waals surface area contributed by atoms with Gasteiger partial charge in [0.15, 0.2) is 0 Å². The largest absolute Gasteiger partial charge is 0.388 e. The summed E-state index contributed by atoms with van der Waals surface area (Å²) in [7, 11) is 0. The van der Waals surface area contributed by atoms with Crippen LogP contribution >= 0.6 is 23.8 Å². The molecule has 0 radical (unpaired) electrons. The molecule has 1 heterocycles. The molecule has 0 aliphatic rings. The van der Waals surface area contributed by atoms with E-state index in [2.05, 4.69) is 10.3 Å². The van der Waals surface area contributed by atoms with Crippen molar-refractivity contribution in [2.24, 2.45) is 5.73 Å². The zero-order valence-corrected chi connectivity index (χ0v) is 11.4. The molecule has 0 bridgehead atoms. The average molecular weight is 296 g/mol. The lowest BCUT2D eigenvalue weighted by Crippen LogP contribution is -2.11. The van der Waals surface area contributed by atoms with Crippen LogP contribution < -0.4 is 11.1 Å². The number of anilines is 1. The van der Waals surface area contributed by atoms with Gasteiger partial charge in [0.1, 0.15) is 10.8 Å². The maximum atomic E-state index is 13.0. The minimum Gasteiger partial charge on any atom is -0.388 e. The fourth-order valence-corrected chi connectivity index (χ4v) is 1.82. The number of nitrogens with two attached hydrogens (primary N) is 1. The van der Waals surface area contributed by atoms with Crippen LogP contribution in [-0.4, -0.2) is 9.97 Å². The number of thiocarbonyl (C=S) groups is 1. The Hall–Kier alpha value is -1.72. The molecule has 0 saturated heterocycles. The second-order valence-electron chi connectivity index (χ2n) is 3.90. The molecule has 2 rings (SSSR count). The van der Waals surface area contributed by atoms with Gasteiger partial charge in [-0.25, -0.2) is 4.39 Å². The first-order valence-corrected chi connectivity index (χ1v) is 6.28. The molecule has 0 unspecified atom stereocenters. The van der Waals surface area contributed by atoms with E-state index in [4.69, 9.17) is 29.6 Å². The molecular formula is C13H11ClFN3S. The fourth-order valence-electron chi connectivity index (χ4n) is 1.50. The zero-order chi connectivity index (χ0) is 13.8. The van der Waals surface area contributed by atoms with Crippen molar-refractivity contribution in [2.75, 3.05) is 5.32 Å². The number of halogens is 2. The van der Waals surface area contributed by atoms with Crippen molar-refractivity contribution >= 4 is 34.5 Å². The molecule has 1 aromatic carbocycles. The van der Waals surface area contributed by atoms with E-state index in [9.17, 15) is 4.39 Å². The SMILES string of the molecule is NC(=S)c1ccc(NCc2ccc(F)c(Cl)c2)cn1. The van der Waals surface area contributed by atoms with E-state index in [1.54, 1.807) is 24.4 Å². The van der Waals surface area contributed by atoms with Gasteiger partial charge in [-0.1, -0.05) is 29.9 Å². The van der Waals surface area contributed by atoms with Gasteiger partial charge in [0.25, 0.3) is 0 Å². The van der Waals surface area contributed by atoms with E-state index in [-0.39, 0.29) is 10.0 Å². The van der Waals surface area contributed by atoms with Crippen molar-refractivity contribution in [3.05, 3.63) is 58.6 Å². The highest BCUT2D eigenvalue weighted by atomic mass is 35.5. The Morgan fingerprint density at radius 3 is 2.74 bits per heavy atom. The molecular weight excluding hydrogens is 285 g/mol. The minimum atomic E-state index is -0.423. The number of nitrogens with zero attached hydrogens (tertiary/aromatic N) is 1. The number of hydrogen-bond acceptors (Lipinski definition) is 3. The van der Waals surface area contributed by atoms with Crippen LogP contribution in [0, 0.1) is 5.82 Å². The van der Waals surface area contributed by atoms with Crippen molar-refractivity contribution < 1.29 is 4.39 Å². The molecule has 6 heteroatoms. The number of pyridine rings is 1. The molecule has 0 fully saturated rings. The summed E-state index contributed by atoms with van der Waals surface area (Å²) in [6, 6.07) is 8.16. The van der Waals surface area contributed by atoms with Crippen LogP contribution in [0.1, 0.15) is 11.3 Å². The predicted octanol–water partition coefficient (Wildman–Crippen LogP) is 3.12. The number of aromatic nitrogens is 1. The number of nitrogens with one attached hydrogen (secondary N) is 1. The monoisotopic (exact) mass is 295 g/mol. The normalized spacial score (nSPS) is 10.2. The summed E-state index contributed by atoms with van der Waals surface area (Å²) in [6.07, 6.45) is 1.64. The smallest absolute Gasteiger partial charge is 0.141 e. The van der Waals surface area contributed by atoms with Gasteiger partial charge in [-0.2, -0.15) is 0 Å². The molecule has 3 nitrogen and oxygen atoms in total. The van der Waals surface area contributed by atoms with E-state index in [1.807, 2.05) is 6.07 Å². The van der Waals surface area contributed by atoms with Gasteiger partial charge in [0.2, 0.25) is 0 Å². The fraction of sp³-hybridized carbons (Fsp3) is 0.0769. The molecule has 98 valence electrons. The Morgan fingerprint density at radius 1 is 1.37 bits per heavy atom. The third-order valence-electron chi connectivity index (χ3n) is 2.50. The molecule has 0 aliphatic carbocycles. The van der Waals surface area contributed by atoms with Crippen LogP contribution in [0.4, 0.5) is 10.1 Å². The molecule has 0 aliphatic heterocycles. The Kier molecular flexibility index (Phi) is 4.29. The summed E-state index contributed by atoms with van der Waals surface area (Å²) in [5, 5.41) is 3.26. The van der Waals surface area contributed by atoms with Crippen LogP contribution in [0.15, 0.2) is 36.5 Å². The third kappa shape index (κ3) is 3.62. The van der Waals surface area contributed by atoms with Crippen LogP contribution in [0.3, 0.4) is 0 Å². The predicted molar refractivity (Wildman–Crippen MR) is 78.9 cm³/mol. The van der Waals surface area contributed by atoms with Crippen molar-refractivity contribution in [1.29, 1.82) is 0 Å². The topological polar surface area (TPSA) is 50.9 Å². The van der Waals surface area contributed by atoms with Gasteiger partial charge in [-0.05, 0) is 29.8 Å². The average Bonchev–Trinajstić information content (AvgIpc) is 2.40. The van der Waals surface area contributed by atoms with Gasteiger partial charge in [-0.15, -0.1) is 0 Å². The van der Waals surface area contributed by atoms with Gasteiger partial charge in [0, 0.05) is 6.54 Å². The number of benzene rings is 1. The molecule has 19 heavy (non-hydrogen) atoms. The molecule has 0 saturated carbocycles. The summed E-state index contributed by atoms with van der Waals surface area (Å²) < 4.78 is 13.0. The zero-order valence-electron chi connectivity index (χ0n) is 9.86. The lowest BCUT2D eigenvalue weighted by atomic mass is 10.2. The maximum Gasteiger partial charge on any atom is 0.141 e. The van der Waals surface area contributed by atoms with Crippen LogP contribution in [0.5, 0.6) is 0 Å². The van der Waals surface area contributed by atoms with Crippen LogP contribution in [0.25, 0.3) is 0 Å². The molecule has 0 atom stereocenters. The molecule has 3 N–H and O–H groups in total. The van der Waals surface area contributed by atoms with Gasteiger partial charge < -0.3 is 11.1 Å². The highest BCUT2D eigenvalue weighted by Crippen LogP contribution is 2.17. The highest BCUT2D eigenvalue weighted by Gasteiger charge is 2.02. The quantitative estimate of drug-likeness (QED) is 0.851. The van der Waals surface area contributed by atoms with Crippen LogP contribution in [0.2, 0.25) is 5.02 Å². The second-order valence-corrected chi connectivity index (χ2v) is 4.75. The first-order valence-electron chi connectivity index (χ1n) is 5.50. The first-order chi connectivity index (χ1) is 9.06. The first kappa shape index (κ1) is 13.7. The Bertz CT molecular complexity index is 601. The van der Waals surface area contributed by atoms with E-state index >= 15 is 0 Å². The Labute approximate surface area is 120 Å². The van der Waals surface area contributed by atoms with Crippen molar-refractivity contribution in [3.8, 4) is 0 Å². The summed E-state index contributed by atoms with van der Waals surface area (Å²) in [6.45, 7) is 0.522. The Morgan fingerprint density at radius 2 is 2.16 bits per heavy atom.